The molecule has 0 aliphatic heterocycles. The Hall–Kier alpha value is 0.530. The zero-order chi connectivity index (χ0) is 14.7. The van der Waals surface area contributed by atoms with Gasteiger partial charge in [0.25, 0.3) is 0 Å². The van der Waals surface area contributed by atoms with Crippen molar-refractivity contribution < 1.29 is 5.11 Å². The second kappa shape index (κ2) is 7.69. The van der Waals surface area contributed by atoms with Gasteiger partial charge in [0.15, 0.2) is 5.75 Å². The van der Waals surface area contributed by atoms with Gasteiger partial charge in [0.05, 0.1) is 10.0 Å². The molecule has 112 valence electrons. The van der Waals surface area contributed by atoms with Crippen LogP contribution in [-0.2, 0) is 0 Å². The maximum Gasteiger partial charge on any atom is 0.155 e. The van der Waals surface area contributed by atoms with Crippen molar-refractivity contribution in [1.29, 1.82) is 0 Å². The predicted molar refractivity (Wildman–Crippen MR) is 90.1 cm³/mol. The van der Waals surface area contributed by atoms with Crippen molar-refractivity contribution in [3.05, 3.63) is 20.1 Å². The first kappa shape index (κ1) is 16.9. The molecule has 6 heteroatoms. The van der Waals surface area contributed by atoms with E-state index in [1.807, 2.05) is 0 Å². The van der Waals surface area contributed by atoms with Crippen LogP contribution in [-0.4, -0.2) is 10.4 Å². The van der Waals surface area contributed by atoms with Crippen LogP contribution in [0.3, 0.4) is 0 Å². The Morgan fingerprint density at radius 2 is 1.20 bits per heavy atom. The molecule has 1 aromatic carbocycles. The van der Waals surface area contributed by atoms with Gasteiger partial charge in [-0.05, 0) is 12.8 Å². The summed E-state index contributed by atoms with van der Waals surface area (Å²) in [6.07, 6.45) is 8.65. The van der Waals surface area contributed by atoms with Crippen LogP contribution >= 0.6 is 58.2 Å². The van der Waals surface area contributed by atoms with E-state index in [0.717, 1.165) is 12.8 Å². The lowest BCUT2D eigenvalue weighted by Gasteiger charge is -2.21. The van der Waals surface area contributed by atoms with Gasteiger partial charge in [0, 0.05) is 10.1 Å². The van der Waals surface area contributed by atoms with Crippen LogP contribution in [0.25, 0.3) is 0 Å². The minimum atomic E-state index is -0.245. The molecule has 1 N–H and O–H groups in total. The number of rotatable bonds is 2. The zero-order valence-corrected chi connectivity index (χ0v) is 14.7. The van der Waals surface area contributed by atoms with Gasteiger partial charge >= 0.3 is 0 Å². The molecule has 0 unspecified atom stereocenters. The van der Waals surface area contributed by atoms with Gasteiger partial charge in [-0.2, -0.15) is 0 Å². The average Bonchev–Trinajstić information content (AvgIpc) is 2.41. The Labute approximate surface area is 143 Å². The summed E-state index contributed by atoms with van der Waals surface area (Å²) in [7, 11) is 0. The molecule has 1 nitrogen and oxygen atoms in total. The SMILES string of the molecule is Oc1c(Cl)c(Cl)c(SC2CCCCCCC2)c(Cl)c1Cl. The van der Waals surface area contributed by atoms with Crippen LogP contribution in [0, 0.1) is 0 Å². The van der Waals surface area contributed by atoms with Crippen molar-refractivity contribution in [3.63, 3.8) is 0 Å². The van der Waals surface area contributed by atoms with Crippen LogP contribution in [0.1, 0.15) is 44.9 Å². The minimum Gasteiger partial charge on any atom is -0.505 e. The van der Waals surface area contributed by atoms with E-state index in [0.29, 0.717) is 20.2 Å². The van der Waals surface area contributed by atoms with Crippen molar-refractivity contribution in [2.45, 2.75) is 55.1 Å². The Balaban J connectivity index is 2.24. The third-order valence-electron chi connectivity index (χ3n) is 3.54. The standard InChI is InChI=1S/C14H16Cl4OS/c15-9-11(17)14(12(18)10(16)13(9)19)20-8-6-4-2-1-3-5-7-8/h8,19H,1-7H2. The van der Waals surface area contributed by atoms with Gasteiger partial charge in [-0.15, -0.1) is 11.8 Å². The van der Waals surface area contributed by atoms with E-state index in [2.05, 4.69) is 0 Å². The first-order chi connectivity index (χ1) is 9.52. The van der Waals surface area contributed by atoms with Crippen molar-refractivity contribution in [2.75, 3.05) is 0 Å². The third kappa shape index (κ3) is 3.84. The summed E-state index contributed by atoms with van der Waals surface area (Å²) in [5, 5.41) is 11.0. The Morgan fingerprint density at radius 3 is 1.70 bits per heavy atom. The van der Waals surface area contributed by atoms with Crippen molar-refractivity contribution in [3.8, 4) is 5.75 Å². The van der Waals surface area contributed by atoms with E-state index < -0.39 is 0 Å². The second-order valence-electron chi connectivity index (χ2n) is 5.02. The zero-order valence-electron chi connectivity index (χ0n) is 10.9. The number of halogens is 4. The number of phenols is 1. The van der Waals surface area contributed by atoms with E-state index >= 15 is 0 Å². The van der Waals surface area contributed by atoms with Crippen LogP contribution in [0.15, 0.2) is 4.90 Å². The smallest absolute Gasteiger partial charge is 0.155 e. The van der Waals surface area contributed by atoms with Crippen LogP contribution in [0.5, 0.6) is 5.75 Å². The molecule has 0 saturated heterocycles. The van der Waals surface area contributed by atoms with E-state index in [9.17, 15) is 5.11 Å². The lowest BCUT2D eigenvalue weighted by Crippen LogP contribution is -2.05. The van der Waals surface area contributed by atoms with Crippen molar-refractivity contribution in [2.24, 2.45) is 0 Å². The number of benzene rings is 1. The maximum atomic E-state index is 9.74. The van der Waals surface area contributed by atoms with Gasteiger partial charge in [0.1, 0.15) is 10.0 Å². The van der Waals surface area contributed by atoms with Gasteiger partial charge in [-0.1, -0.05) is 78.5 Å². The molecule has 1 fully saturated rings. The summed E-state index contributed by atoms with van der Waals surface area (Å²) in [5.41, 5.74) is 0. The summed E-state index contributed by atoms with van der Waals surface area (Å²) >= 11 is 26.1. The quantitative estimate of drug-likeness (QED) is 0.552. The highest BCUT2D eigenvalue weighted by Gasteiger charge is 2.23. The van der Waals surface area contributed by atoms with Gasteiger partial charge in [-0.25, -0.2) is 0 Å². The summed E-state index contributed by atoms with van der Waals surface area (Å²) in [5.74, 6) is -0.245. The molecule has 0 spiro atoms. The highest BCUT2D eigenvalue weighted by molar-refractivity contribution is 8.00. The molecule has 1 aliphatic rings. The average molecular weight is 374 g/mol. The lowest BCUT2D eigenvalue weighted by atomic mass is 10.0. The normalized spacial score (nSPS) is 17.8. The Bertz CT molecular complexity index is 456. The molecule has 0 aromatic heterocycles. The van der Waals surface area contributed by atoms with Crippen LogP contribution in [0.4, 0.5) is 0 Å². The number of aromatic hydroxyl groups is 1. The third-order valence-corrected chi connectivity index (χ3v) is 6.89. The molecule has 0 atom stereocenters. The van der Waals surface area contributed by atoms with Gasteiger partial charge in [-0.3, -0.25) is 0 Å². The molecule has 0 heterocycles. The molecular weight excluding hydrogens is 358 g/mol. The molecule has 0 bridgehead atoms. The monoisotopic (exact) mass is 372 g/mol. The maximum absolute atomic E-state index is 9.74. The molecule has 1 aromatic rings. The van der Waals surface area contributed by atoms with E-state index in [-0.39, 0.29) is 15.8 Å². The topological polar surface area (TPSA) is 20.2 Å². The highest BCUT2D eigenvalue weighted by Crippen LogP contribution is 2.50. The minimum absolute atomic E-state index is 0.0782. The fourth-order valence-electron chi connectivity index (χ4n) is 2.41. The first-order valence-electron chi connectivity index (χ1n) is 6.74. The molecule has 0 radical (unpaired) electrons. The number of thioether (sulfide) groups is 1. The Morgan fingerprint density at radius 1 is 0.750 bits per heavy atom. The van der Waals surface area contributed by atoms with E-state index in [1.165, 1.54) is 32.1 Å². The highest BCUT2D eigenvalue weighted by atomic mass is 35.5. The van der Waals surface area contributed by atoms with Crippen molar-refractivity contribution in [1.82, 2.24) is 0 Å². The van der Waals surface area contributed by atoms with Crippen LogP contribution < -0.4 is 0 Å². The molecule has 0 amide bonds. The number of phenolic OH excluding ortho intramolecular Hbond substituents is 1. The fourth-order valence-corrected chi connectivity index (χ4v) is 4.94. The molecule has 2 rings (SSSR count). The van der Waals surface area contributed by atoms with Gasteiger partial charge < -0.3 is 5.11 Å². The predicted octanol–water partition coefficient (Wildman–Crippen LogP) is 7.21. The molecule has 20 heavy (non-hydrogen) atoms. The summed E-state index contributed by atoms with van der Waals surface area (Å²) in [4.78, 5) is 0.687. The molecule has 1 aliphatic carbocycles. The van der Waals surface area contributed by atoms with Gasteiger partial charge in [0.2, 0.25) is 0 Å². The molecular formula is C14H16Cl4OS. The van der Waals surface area contributed by atoms with E-state index in [1.54, 1.807) is 11.8 Å². The summed E-state index contributed by atoms with van der Waals surface area (Å²) in [6, 6.07) is 0. The number of hydrogen-bond donors (Lipinski definition) is 1. The summed E-state index contributed by atoms with van der Waals surface area (Å²) < 4.78 is 0. The first-order valence-corrected chi connectivity index (χ1v) is 9.13. The molecule has 1 saturated carbocycles. The van der Waals surface area contributed by atoms with Crippen LogP contribution in [0.2, 0.25) is 20.1 Å². The fraction of sp³-hybridized carbons (Fsp3) is 0.571. The Kier molecular flexibility index (Phi) is 6.50. The summed E-state index contributed by atoms with van der Waals surface area (Å²) in [6.45, 7) is 0. The largest absolute Gasteiger partial charge is 0.505 e. The lowest BCUT2D eigenvalue weighted by molar-refractivity contribution is 0.475. The number of hydrogen-bond acceptors (Lipinski definition) is 2. The second-order valence-corrected chi connectivity index (χ2v) is 7.84. The van der Waals surface area contributed by atoms with E-state index in [4.69, 9.17) is 46.4 Å². The van der Waals surface area contributed by atoms with Crippen molar-refractivity contribution >= 4 is 58.2 Å².